The van der Waals surface area contributed by atoms with Gasteiger partial charge < -0.3 is 10.2 Å². The lowest BCUT2D eigenvalue weighted by Crippen LogP contribution is -2.29. The van der Waals surface area contributed by atoms with Crippen LogP contribution in [0.2, 0.25) is 0 Å². The molecule has 0 fully saturated rings. The minimum Gasteiger partial charge on any atom is -0.464 e. The second-order valence-electron chi connectivity index (χ2n) is 4.73. The highest BCUT2D eigenvalue weighted by Crippen LogP contribution is 2.27. The van der Waals surface area contributed by atoms with Crippen molar-refractivity contribution < 1.29 is 4.42 Å². The first-order valence-corrected chi connectivity index (χ1v) is 5.42. The van der Waals surface area contributed by atoms with Crippen molar-refractivity contribution in [3.05, 3.63) is 47.7 Å². The molecule has 1 aromatic carbocycles. The molecule has 1 aromatic heterocycles. The standard InChI is InChI=1S/C14H17NO/c1-10-9-11(13-5-4-8-16-13)6-7-12(10)14(2,3)15/h4-9H,15H2,1-3H3. The van der Waals surface area contributed by atoms with Crippen LogP contribution in [0, 0.1) is 6.92 Å². The first-order valence-electron chi connectivity index (χ1n) is 5.42. The van der Waals surface area contributed by atoms with E-state index in [1.54, 1.807) is 6.26 Å². The molecule has 2 nitrogen and oxygen atoms in total. The lowest BCUT2D eigenvalue weighted by Gasteiger charge is -2.22. The summed E-state index contributed by atoms with van der Waals surface area (Å²) in [7, 11) is 0. The van der Waals surface area contributed by atoms with Crippen LogP contribution in [0.4, 0.5) is 0 Å². The Labute approximate surface area is 96.1 Å². The van der Waals surface area contributed by atoms with Gasteiger partial charge in [0.1, 0.15) is 5.76 Å². The summed E-state index contributed by atoms with van der Waals surface area (Å²) >= 11 is 0. The van der Waals surface area contributed by atoms with Crippen LogP contribution >= 0.6 is 0 Å². The van der Waals surface area contributed by atoms with Gasteiger partial charge in [0.05, 0.1) is 6.26 Å². The quantitative estimate of drug-likeness (QED) is 0.833. The number of furan rings is 1. The van der Waals surface area contributed by atoms with E-state index in [0.29, 0.717) is 0 Å². The lowest BCUT2D eigenvalue weighted by molar-refractivity contribution is 0.550. The van der Waals surface area contributed by atoms with Crippen molar-refractivity contribution >= 4 is 0 Å². The molecule has 0 spiro atoms. The van der Waals surface area contributed by atoms with Crippen molar-refractivity contribution in [1.29, 1.82) is 0 Å². The van der Waals surface area contributed by atoms with Crippen molar-refractivity contribution in [2.75, 3.05) is 0 Å². The Balaban J connectivity index is 2.45. The maximum absolute atomic E-state index is 6.10. The van der Waals surface area contributed by atoms with E-state index in [2.05, 4.69) is 25.1 Å². The summed E-state index contributed by atoms with van der Waals surface area (Å²) in [5.74, 6) is 0.893. The zero-order valence-electron chi connectivity index (χ0n) is 9.95. The summed E-state index contributed by atoms with van der Waals surface area (Å²) in [6.07, 6.45) is 1.69. The monoisotopic (exact) mass is 215 g/mol. The topological polar surface area (TPSA) is 39.2 Å². The van der Waals surface area contributed by atoms with E-state index in [1.807, 2.05) is 26.0 Å². The molecular formula is C14H17NO. The Bertz CT molecular complexity index is 478. The minimum atomic E-state index is -0.300. The third-order valence-electron chi connectivity index (χ3n) is 2.73. The summed E-state index contributed by atoms with van der Waals surface area (Å²) in [6, 6.07) is 10.1. The molecule has 2 aromatic rings. The summed E-state index contributed by atoms with van der Waals surface area (Å²) in [6.45, 7) is 6.11. The SMILES string of the molecule is Cc1cc(-c2ccco2)ccc1C(C)(C)N. The molecule has 0 atom stereocenters. The number of hydrogen-bond donors (Lipinski definition) is 1. The van der Waals surface area contributed by atoms with Gasteiger partial charge in [0, 0.05) is 11.1 Å². The van der Waals surface area contributed by atoms with Crippen LogP contribution < -0.4 is 5.73 Å². The maximum atomic E-state index is 6.10. The Hall–Kier alpha value is -1.54. The molecular weight excluding hydrogens is 198 g/mol. The smallest absolute Gasteiger partial charge is 0.133 e. The largest absolute Gasteiger partial charge is 0.464 e. The van der Waals surface area contributed by atoms with Gasteiger partial charge in [-0.15, -0.1) is 0 Å². The average Bonchev–Trinajstić information content (AvgIpc) is 2.68. The van der Waals surface area contributed by atoms with Crippen LogP contribution in [0.3, 0.4) is 0 Å². The summed E-state index contributed by atoms with van der Waals surface area (Å²) < 4.78 is 5.37. The molecule has 2 rings (SSSR count). The summed E-state index contributed by atoms with van der Waals surface area (Å²) in [5, 5.41) is 0. The molecule has 0 radical (unpaired) electrons. The fourth-order valence-corrected chi connectivity index (χ4v) is 1.98. The Kier molecular flexibility index (Phi) is 2.60. The van der Waals surface area contributed by atoms with E-state index in [0.717, 1.165) is 11.3 Å². The van der Waals surface area contributed by atoms with Crippen LogP contribution in [0.25, 0.3) is 11.3 Å². The fourth-order valence-electron chi connectivity index (χ4n) is 1.98. The molecule has 0 saturated carbocycles. The van der Waals surface area contributed by atoms with Gasteiger partial charge in [-0.2, -0.15) is 0 Å². The van der Waals surface area contributed by atoms with Crippen molar-refractivity contribution in [1.82, 2.24) is 0 Å². The van der Waals surface area contributed by atoms with E-state index in [1.165, 1.54) is 11.1 Å². The minimum absolute atomic E-state index is 0.300. The third-order valence-corrected chi connectivity index (χ3v) is 2.73. The lowest BCUT2D eigenvalue weighted by atomic mass is 9.90. The van der Waals surface area contributed by atoms with Gasteiger partial charge in [0.25, 0.3) is 0 Å². The zero-order chi connectivity index (χ0) is 11.8. The number of hydrogen-bond acceptors (Lipinski definition) is 2. The predicted molar refractivity (Wildman–Crippen MR) is 66.1 cm³/mol. The first kappa shape index (κ1) is 11.0. The normalized spacial score (nSPS) is 11.8. The number of nitrogens with two attached hydrogens (primary N) is 1. The second-order valence-corrected chi connectivity index (χ2v) is 4.73. The van der Waals surface area contributed by atoms with E-state index < -0.39 is 0 Å². The molecule has 0 saturated heterocycles. The molecule has 2 heteroatoms. The van der Waals surface area contributed by atoms with Gasteiger partial charge in [-0.25, -0.2) is 0 Å². The first-order chi connectivity index (χ1) is 7.48. The van der Waals surface area contributed by atoms with Gasteiger partial charge in [-0.05, 0) is 50.1 Å². The van der Waals surface area contributed by atoms with Crippen LogP contribution in [-0.4, -0.2) is 0 Å². The van der Waals surface area contributed by atoms with E-state index in [4.69, 9.17) is 10.2 Å². The molecule has 0 aliphatic carbocycles. The van der Waals surface area contributed by atoms with E-state index in [-0.39, 0.29) is 5.54 Å². The third kappa shape index (κ3) is 2.02. The summed E-state index contributed by atoms with van der Waals surface area (Å²) in [4.78, 5) is 0. The van der Waals surface area contributed by atoms with Gasteiger partial charge >= 0.3 is 0 Å². The second kappa shape index (κ2) is 3.80. The van der Waals surface area contributed by atoms with Gasteiger partial charge in [-0.3, -0.25) is 0 Å². The molecule has 1 heterocycles. The number of benzene rings is 1. The Morgan fingerprint density at radius 1 is 1.19 bits per heavy atom. The Morgan fingerprint density at radius 3 is 2.44 bits per heavy atom. The highest BCUT2D eigenvalue weighted by Gasteiger charge is 2.16. The van der Waals surface area contributed by atoms with Crippen molar-refractivity contribution in [2.45, 2.75) is 26.3 Å². The van der Waals surface area contributed by atoms with Crippen molar-refractivity contribution in [3.8, 4) is 11.3 Å². The van der Waals surface area contributed by atoms with Crippen LogP contribution in [0.1, 0.15) is 25.0 Å². The van der Waals surface area contributed by atoms with Crippen LogP contribution in [-0.2, 0) is 5.54 Å². The number of rotatable bonds is 2. The predicted octanol–water partition coefficient (Wildman–Crippen LogP) is 3.45. The van der Waals surface area contributed by atoms with Gasteiger partial charge in [0.15, 0.2) is 0 Å². The van der Waals surface area contributed by atoms with Crippen LogP contribution in [0.15, 0.2) is 41.0 Å². The zero-order valence-corrected chi connectivity index (χ0v) is 9.95. The van der Waals surface area contributed by atoms with E-state index in [9.17, 15) is 0 Å². The maximum Gasteiger partial charge on any atom is 0.133 e. The molecule has 0 bridgehead atoms. The fraction of sp³-hybridized carbons (Fsp3) is 0.286. The molecule has 0 aliphatic heterocycles. The molecule has 0 unspecified atom stereocenters. The van der Waals surface area contributed by atoms with Crippen molar-refractivity contribution in [3.63, 3.8) is 0 Å². The molecule has 16 heavy (non-hydrogen) atoms. The molecule has 0 aliphatic rings. The summed E-state index contributed by atoms with van der Waals surface area (Å²) in [5.41, 5.74) is 9.26. The van der Waals surface area contributed by atoms with Crippen molar-refractivity contribution in [2.24, 2.45) is 5.73 Å². The number of aryl methyl sites for hydroxylation is 1. The molecule has 84 valence electrons. The van der Waals surface area contributed by atoms with Gasteiger partial charge in [0.2, 0.25) is 0 Å². The van der Waals surface area contributed by atoms with Crippen LogP contribution in [0.5, 0.6) is 0 Å². The molecule has 0 amide bonds. The highest BCUT2D eigenvalue weighted by atomic mass is 16.3. The average molecular weight is 215 g/mol. The molecule has 2 N–H and O–H groups in total. The highest BCUT2D eigenvalue weighted by molar-refractivity contribution is 5.59. The van der Waals surface area contributed by atoms with Gasteiger partial charge in [-0.1, -0.05) is 12.1 Å². The Morgan fingerprint density at radius 2 is 1.94 bits per heavy atom. The van der Waals surface area contributed by atoms with E-state index >= 15 is 0 Å².